The van der Waals surface area contributed by atoms with Crippen LogP contribution in [0.1, 0.15) is 25.0 Å². The van der Waals surface area contributed by atoms with Crippen molar-refractivity contribution in [2.24, 2.45) is 0 Å². The van der Waals surface area contributed by atoms with E-state index in [2.05, 4.69) is 4.74 Å². The van der Waals surface area contributed by atoms with Crippen molar-refractivity contribution in [1.82, 2.24) is 0 Å². The Labute approximate surface area is 152 Å². The smallest absolute Gasteiger partial charge is 0.493 e. The molecule has 2 aromatic rings. The summed E-state index contributed by atoms with van der Waals surface area (Å²) in [6, 6.07) is 10.7. The summed E-state index contributed by atoms with van der Waals surface area (Å²) in [7, 11) is 1.25. The van der Waals surface area contributed by atoms with Crippen molar-refractivity contribution in [3.63, 3.8) is 0 Å². The van der Waals surface area contributed by atoms with Crippen LogP contribution in [-0.2, 0) is 17.8 Å². The van der Waals surface area contributed by atoms with Gasteiger partial charge in [0.15, 0.2) is 0 Å². The Hall–Kier alpha value is -2.40. The number of hydrogen-bond acceptors (Lipinski definition) is 5. The maximum absolute atomic E-state index is 11.4. The van der Waals surface area contributed by atoms with Gasteiger partial charge in [0, 0.05) is 5.02 Å². The lowest BCUT2D eigenvalue weighted by Gasteiger charge is -2.15. The van der Waals surface area contributed by atoms with Crippen molar-refractivity contribution >= 4 is 17.8 Å². The summed E-state index contributed by atoms with van der Waals surface area (Å²) in [6.07, 6.45) is 0.0499. The SMILES string of the molecule is CCOc1cccc(OC(=O)OC)c1COc1ccc(CC)c(Cl)c1. The van der Waals surface area contributed by atoms with Gasteiger partial charge >= 0.3 is 6.16 Å². The molecule has 0 aliphatic heterocycles. The van der Waals surface area contributed by atoms with Crippen LogP contribution >= 0.6 is 11.6 Å². The molecule has 0 atom stereocenters. The van der Waals surface area contributed by atoms with E-state index in [9.17, 15) is 4.79 Å². The van der Waals surface area contributed by atoms with Gasteiger partial charge in [-0.25, -0.2) is 4.79 Å². The molecule has 2 aromatic carbocycles. The average molecular weight is 365 g/mol. The summed E-state index contributed by atoms with van der Waals surface area (Å²) < 4.78 is 21.2. The summed E-state index contributed by atoms with van der Waals surface area (Å²) >= 11 is 6.22. The molecule has 0 N–H and O–H groups in total. The molecule has 0 unspecified atom stereocenters. The maximum Gasteiger partial charge on any atom is 0.513 e. The van der Waals surface area contributed by atoms with Crippen LogP contribution in [0.2, 0.25) is 5.02 Å². The van der Waals surface area contributed by atoms with E-state index in [-0.39, 0.29) is 6.61 Å². The number of aryl methyl sites for hydroxylation is 1. The van der Waals surface area contributed by atoms with Gasteiger partial charge in [0.05, 0.1) is 19.3 Å². The first kappa shape index (κ1) is 18.9. The third-order valence-corrected chi connectivity index (χ3v) is 3.89. The fourth-order valence-electron chi connectivity index (χ4n) is 2.27. The Balaban J connectivity index is 2.23. The summed E-state index contributed by atoms with van der Waals surface area (Å²) in [4.78, 5) is 11.4. The average Bonchev–Trinajstić information content (AvgIpc) is 2.61. The largest absolute Gasteiger partial charge is 0.513 e. The molecule has 0 heterocycles. The van der Waals surface area contributed by atoms with Gasteiger partial charge in [-0.1, -0.05) is 30.7 Å². The van der Waals surface area contributed by atoms with Crippen LogP contribution in [0.3, 0.4) is 0 Å². The van der Waals surface area contributed by atoms with E-state index < -0.39 is 6.16 Å². The molecular formula is C19H21ClO5. The molecule has 0 aliphatic carbocycles. The molecule has 0 amide bonds. The Morgan fingerprint density at radius 2 is 1.84 bits per heavy atom. The number of rotatable bonds is 7. The minimum atomic E-state index is -0.801. The summed E-state index contributed by atoms with van der Waals surface area (Å²) in [6.45, 7) is 4.55. The third kappa shape index (κ3) is 5.03. The molecule has 0 saturated carbocycles. The molecule has 0 aromatic heterocycles. The Kier molecular flexibility index (Phi) is 6.95. The molecule has 2 rings (SSSR count). The molecule has 5 nitrogen and oxygen atoms in total. The van der Waals surface area contributed by atoms with Crippen LogP contribution in [0.15, 0.2) is 36.4 Å². The Bertz CT molecular complexity index is 730. The Morgan fingerprint density at radius 1 is 1.08 bits per heavy atom. The van der Waals surface area contributed by atoms with Crippen LogP contribution in [-0.4, -0.2) is 19.9 Å². The molecule has 6 heteroatoms. The fraction of sp³-hybridized carbons (Fsp3) is 0.316. The quantitative estimate of drug-likeness (QED) is 0.509. The lowest BCUT2D eigenvalue weighted by Crippen LogP contribution is -2.11. The molecule has 0 bridgehead atoms. The normalized spacial score (nSPS) is 10.2. The highest BCUT2D eigenvalue weighted by molar-refractivity contribution is 6.31. The summed E-state index contributed by atoms with van der Waals surface area (Å²) in [5.41, 5.74) is 1.67. The lowest BCUT2D eigenvalue weighted by atomic mass is 10.1. The lowest BCUT2D eigenvalue weighted by molar-refractivity contribution is 0.120. The minimum Gasteiger partial charge on any atom is -0.493 e. The van der Waals surface area contributed by atoms with Gasteiger partial charge in [0.25, 0.3) is 0 Å². The molecule has 0 spiro atoms. The fourth-order valence-corrected chi connectivity index (χ4v) is 2.57. The van der Waals surface area contributed by atoms with Crippen LogP contribution in [0, 0.1) is 0 Å². The number of benzene rings is 2. The van der Waals surface area contributed by atoms with E-state index in [4.69, 9.17) is 25.8 Å². The number of ether oxygens (including phenoxy) is 4. The van der Waals surface area contributed by atoms with Crippen molar-refractivity contribution in [2.75, 3.05) is 13.7 Å². The van der Waals surface area contributed by atoms with E-state index in [1.807, 2.05) is 26.0 Å². The van der Waals surface area contributed by atoms with Gasteiger partial charge in [-0.2, -0.15) is 0 Å². The number of hydrogen-bond donors (Lipinski definition) is 0. The van der Waals surface area contributed by atoms with E-state index >= 15 is 0 Å². The van der Waals surface area contributed by atoms with Crippen molar-refractivity contribution in [2.45, 2.75) is 26.9 Å². The van der Waals surface area contributed by atoms with Gasteiger partial charge in [-0.15, -0.1) is 0 Å². The second-order valence-electron chi connectivity index (χ2n) is 5.12. The number of methoxy groups -OCH3 is 1. The molecule has 0 saturated heterocycles. The Morgan fingerprint density at radius 3 is 2.48 bits per heavy atom. The zero-order chi connectivity index (χ0) is 18.2. The highest BCUT2D eigenvalue weighted by Crippen LogP contribution is 2.31. The van der Waals surface area contributed by atoms with Crippen LogP contribution in [0.5, 0.6) is 17.2 Å². The van der Waals surface area contributed by atoms with Crippen molar-refractivity contribution in [3.05, 3.63) is 52.5 Å². The molecule has 0 fully saturated rings. The van der Waals surface area contributed by atoms with Crippen LogP contribution in [0.4, 0.5) is 4.79 Å². The first-order valence-corrected chi connectivity index (χ1v) is 8.38. The second kappa shape index (κ2) is 9.18. The maximum atomic E-state index is 11.4. The van der Waals surface area contributed by atoms with E-state index in [0.29, 0.717) is 34.4 Å². The van der Waals surface area contributed by atoms with Crippen molar-refractivity contribution in [3.8, 4) is 17.2 Å². The molecule has 25 heavy (non-hydrogen) atoms. The zero-order valence-corrected chi connectivity index (χ0v) is 15.3. The zero-order valence-electron chi connectivity index (χ0n) is 14.5. The molecular weight excluding hydrogens is 344 g/mol. The highest BCUT2D eigenvalue weighted by atomic mass is 35.5. The van der Waals surface area contributed by atoms with Gasteiger partial charge in [0.1, 0.15) is 23.9 Å². The predicted octanol–water partition coefficient (Wildman–Crippen LogP) is 5.03. The molecule has 134 valence electrons. The van der Waals surface area contributed by atoms with Gasteiger partial charge in [-0.3, -0.25) is 0 Å². The van der Waals surface area contributed by atoms with Gasteiger partial charge in [-0.05, 0) is 43.2 Å². The van der Waals surface area contributed by atoms with Gasteiger partial charge in [0.2, 0.25) is 0 Å². The van der Waals surface area contributed by atoms with E-state index in [1.54, 1.807) is 24.3 Å². The summed E-state index contributed by atoms with van der Waals surface area (Å²) in [5, 5.41) is 0.657. The molecule has 0 radical (unpaired) electrons. The van der Waals surface area contributed by atoms with Gasteiger partial charge < -0.3 is 18.9 Å². The number of carbonyl (C=O) groups is 1. The monoisotopic (exact) mass is 364 g/mol. The van der Waals surface area contributed by atoms with E-state index in [1.165, 1.54) is 7.11 Å². The highest BCUT2D eigenvalue weighted by Gasteiger charge is 2.15. The number of carbonyl (C=O) groups excluding carboxylic acids is 1. The standard InChI is InChI=1S/C19H21ClO5/c1-4-13-9-10-14(11-16(13)20)24-12-15-17(23-5-2)7-6-8-18(15)25-19(21)22-3/h6-11H,4-5,12H2,1-3H3. The topological polar surface area (TPSA) is 54.0 Å². The van der Waals surface area contributed by atoms with E-state index in [0.717, 1.165) is 12.0 Å². The van der Waals surface area contributed by atoms with Crippen molar-refractivity contribution in [1.29, 1.82) is 0 Å². The predicted molar refractivity (Wildman–Crippen MR) is 95.8 cm³/mol. The third-order valence-electron chi connectivity index (χ3n) is 3.54. The van der Waals surface area contributed by atoms with Crippen LogP contribution in [0.25, 0.3) is 0 Å². The summed E-state index contributed by atoms with van der Waals surface area (Å²) in [5.74, 6) is 1.53. The molecule has 0 aliphatic rings. The first-order valence-electron chi connectivity index (χ1n) is 8.00. The van der Waals surface area contributed by atoms with Crippen molar-refractivity contribution < 1.29 is 23.7 Å². The number of halogens is 1. The second-order valence-corrected chi connectivity index (χ2v) is 5.52. The minimum absolute atomic E-state index is 0.157. The van der Waals surface area contributed by atoms with Crippen LogP contribution < -0.4 is 14.2 Å². The first-order chi connectivity index (χ1) is 12.1.